The van der Waals surface area contributed by atoms with E-state index in [1.54, 1.807) is 17.0 Å². The molecule has 0 fully saturated rings. The van der Waals surface area contributed by atoms with Gasteiger partial charge < -0.3 is 4.90 Å². The maximum absolute atomic E-state index is 12.3. The second-order valence-electron chi connectivity index (χ2n) is 5.75. The average Bonchev–Trinajstić information content (AvgIpc) is 2.55. The van der Waals surface area contributed by atoms with Crippen LogP contribution < -0.4 is 4.72 Å². The van der Waals surface area contributed by atoms with Gasteiger partial charge in [0.15, 0.2) is 0 Å². The van der Waals surface area contributed by atoms with Gasteiger partial charge in [0.2, 0.25) is 15.9 Å². The van der Waals surface area contributed by atoms with Crippen LogP contribution in [0.2, 0.25) is 5.02 Å². The molecule has 5 nitrogen and oxygen atoms in total. The van der Waals surface area contributed by atoms with Gasteiger partial charge in [-0.1, -0.05) is 53.6 Å². The molecule has 134 valence electrons. The summed E-state index contributed by atoms with van der Waals surface area (Å²) in [6, 6.07) is 14.1. The van der Waals surface area contributed by atoms with Crippen LogP contribution in [0.1, 0.15) is 18.1 Å². The molecule has 0 atom stereocenters. The molecule has 0 radical (unpaired) electrons. The maximum atomic E-state index is 12.3. The lowest BCUT2D eigenvalue weighted by Gasteiger charge is -2.21. The number of aryl methyl sites for hydroxylation is 1. The molecular weight excluding hydrogens is 360 g/mol. The third-order valence-corrected chi connectivity index (χ3v) is 5.70. The zero-order chi connectivity index (χ0) is 18.4. The van der Waals surface area contributed by atoms with Crippen LogP contribution in [0.4, 0.5) is 0 Å². The van der Waals surface area contributed by atoms with Gasteiger partial charge in [-0.2, -0.15) is 0 Å². The zero-order valence-electron chi connectivity index (χ0n) is 14.2. The lowest BCUT2D eigenvalue weighted by Crippen LogP contribution is -2.37. The third-order valence-electron chi connectivity index (χ3n) is 3.74. The summed E-state index contributed by atoms with van der Waals surface area (Å²) in [5.74, 6) is -0.113. The minimum Gasteiger partial charge on any atom is -0.337 e. The van der Waals surface area contributed by atoms with Crippen molar-refractivity contribution in [2.24, 2.45) is 0 Å². The molecule has 0 heterocycles. The second-order valence-corrected chi connectivity index (χ2v) is 7.90. The standard InChI is InChI=1S/C18H21ClN2O3S/c1-14-7-9-16(10-8-14)13-21(15(2)22)12-11-20-25(23,24)18-6-4-3-5-17(18)19/h3-10,20H,11-13H2,1-2H3. The van der Waals surface area contributed by atoms with Gasteiger partial charge >= 0.3 is 0 Å². The van der Waals surface area contributed by atoms with Crippen molar-refractivity contribution in [2.75, 3.05) is 13.1 Å². The summed E-state index contributed by atoms with van der Waals surface area (Å²) in [6.07, 6.45) is 0. The van der Waals surface area contributed by atoms with Crippen molar-refractivity contribution >= 4 is 27.5 Å². The van der Waals surface area contributed by atoms with E-state index in [1.165, 1.54) is 19.1 Å². The molecule has 0 aliphatic heterocycles. The molecule has 0 aliphatic carbocycles. The van der Waals surface area contributed by atoms with Crippen molar-refractivity contribution in [2.45, 2.75) is 25.3 Å². The quantitative estimate of drug-likeness (QED) is 0.803. The van der Waals surface area contributed by atoms with Crippen molar-refractivity contribution in [3.05, 3.63) is 64.7 Å². The number of carbonyl (C=O) groups excluding carboxylic acids is 1. The lowest BCUT2D eigenvalue weighted by atomic mass is 10.1. The normalized spacial score (nSPS) is 11.3. The van der Waals surface area contributed by atoms with Crippen LogP contribution >= 0.6 is 11.6 Å². The molecule has 1 N–H and O–H groups in total. The van der Waals surface area contributed by atoms with Gasteiger partial charge in [0.05, 0.1) is 5.02 Å². The van der Waals surface area contributed by atoms with E-state index in [1.807, 2.05) is 31.2 Å². The monoisotopic (exact) mass is 380 g/mol. The first kappa shape index (κ1) is 19.4. The highest BCUT2D eigenvalue weighted by atomic mass is 35.5. The van der Waals surface area contributed by atoms with Gasteiger partial charge in [0.25, 0.3) is 0 Å². The molecule has 0 bridgehead atoms. The molecule has 25 heavy (non-hydrogen) atoms. The Morgan fingerprint density at radius 2 is 1.76 bits per heavy atom. The van der Waals surface area contributed by atoms with E-state index in [-0.39, 0.29) is 28.9 Å². The molecule has 2 rings (SSSR count). The summed E-state index contributed by atoms with van der Waals surface area (Å²) in [4.78, 5) is 13.5. The van der Waals surface area contributed by atoms with Crippen LogP contribution in [0.3, 0.4) is 0 Å². The van der Waals surface area contributed by atoms with E-state index in [9.17, 15) is 13.2 Å². The van der Waals surface area contributed by atoms with Crippen molar-refractivity contribution in [3.63, 3.8) is 0 Å². The summed E-state index contributed by atoms with van der Waals surface area (Å²) < 4.78 is 27.1. The molecule has 7 heteroatoms. The number of nitrogens with zero attached hydrogens (tertiary/aromatic N) is 1. The average molecular weight is 381 g/mol. The minimum atomic E-state index is -3.71. The van der Waals surface area contributed by atoms with Gasteiger partial charge in [-0.15, -0.1) is 0 Å². The Kier molecular flexibility index (Phi) is 6.58. The topological polar surface area (TPSA) is 66.5 Å². The van der Waals surface area contributed by atoms with Gasteiger partial charge in [0.1, 0.15) is 4.90 Å². The van der Waals surface area contributed by atoms with E-state index in [2.05, 4.69) is 4.72 Å². The Hall–Kier alpha value is -1.89. The van der Waals surface area contributed by atoms with Crippen LogP contribution in [0.15, 0.2) is 53.4 Å². The van der Waals surface area contributed by atoms with Crippen molar-refractivity contribution in [1.82, 2.24) is 9.62 Å². The van der Waals surface area contributed by atoms with E-state index < -0.39 is 10.0 Å². The third kappa shape index (κ3) is 5.56. The highest BCUT2D eigenvalue weighted by Gasteiger charge is 2.18. The van der Waals surface area contributed by atoms with Gasteiger partial charge in [-0.3, -0.25) is 4.79 Å². The first-order valence-electron chi connectivity index (χ1n) is 7.85. The number of nitrogens with one attached hydrogen (secondary N) is 1. The fourth-order valence-corrected chi connectivity index (χ4v) is 3.86. The number of halogens is 1. The largest absolute Gasteiger partial charge is 0.337 e. The van der Waals surface area contributed by atoms with Crippen LogP contribution in [-0.2, 0) is 21.4 Å². The highest BCUT2D eigenvalue weighted by Crippen LogP contribution is 2.19. The lowest BCUT2D eigenvalue weighted by molar-refractivity contribution is -0.129. The number of hydrogen-bond acceptors (Lipinski definition) is 3. The smallest absolute Gasteiger partial charge is 0.242 e. The Bertz CT molecular complexity index is 836. The van der Waals surface area contributed by atoms with Crippen molar-refractivity contribution in [1.29, 1.82) is 0 Å². The number of carbonyl (C=O) groups is 1. The zero-order valence-corrected chi connectivity index (χ0v) is 15.8. The molecule has 1 amide bonds. The fourth-order valence-electron chi connectivity index (χ4n) is 2.32. The molecule has 2 aromatic carbocycles. The fraction of sp³-hybridized carbons (Fsp3) is 0.278. The number of sulfonamides is 1. The number of rotatable bonds is 7. The van der Waals surface area contributed by atoms with E-state index in [0.717, 1.165) is 11.1 Å². The van der Waals surface area contributed by atoms with Crippen LogP contribution in [0, 0.1) is 6.92 Å². The molecule has 0 unspecified atom stereocenters. The first-order chi connectivity index (χ1) is 11.8. The summed E-state index contributed by atoms with van der Waals surface area (Å²) in [7, 11) is -3.71. The summed E-state index contributed by atoms with van der Waals surface area (Å²) >= 11 is 5.94. The van der Waals surface area contributed by atoms with Gasteiger partial charge in [-0.05, 0) is 24.6 Å². The molecule has 0 saturated heterocycles. The summed E-state index contributed by atoms with van der Waals surface area (Å²) in [5, 5.41) is 0.165. The summed E-state index contributed by atoms with van der Waals surface area (Å²) in [5.41, 5.74) is 2.14. The SMILES string of the molecule is CC(=O)N(CCNS(=O)(=O)c1ccccc1Cl)Cc1ccc(C)cc1. The van der Waals surface area contributed by atoms with Crippen LogP contribution in [0.5, 0.6) is 0 Å². The molecule has 0 aliphatic rings. The minimum absolute atomic E-state index is 0.0320. The van der Waals surface area contributed by atoms with Crippen LogP contribution in [0.25, 0.3) is 0 Å². The highest BCUT2D eigenvalue weighted by molar-refractivity contribution is 7.89. The Morgan fingerprint density at radius 1 is 1.12 bits per heavy atom. The van der Waals surface area contributed by atoms with Crippen molar-refractivity contribution < 1.29 is 13.2 Å². The Morgan fingerprint density at radius 3 is 2.36 bits per heavy atom. The predicted octanol–water partition coefficient (Wildman–Crippen LogP) is 2.98. The Labute approximate surface area is 153 Å². The predicted molar refractivity (Wildman–Crippen MR) is 98.9 cm³/mol. The molecule has 2 aromatic rings. The number of hydrogen-bond donors (Lipinski definition) is 1. The number of benzene rings is 2. The Balaban J connectivity index is 1.98. The first-order valence-corrected chi connectivity index (χ1v) is 9.71. The van der Waals surface area contributed by atoms with Crippen molar-refractivity contribution in [3.8, 4) is 0 Å². The van der Waals surface area contributed by atoms with Gasteiger partial charge in [-0.25, -0.2) is 13.1 Å². The maximum Gasteiger partial charge on any atom is 0.242 e. The molecular formula is C18H21ClN2O3S. The molecule has 0 aromatic heterocycles. The van der Waals surface area contributed by atoms with Gasteiger partial charge in [0, 0.05) is 26.6 Å². The second kappa shape index (κ2) is 8.47. The van der Waals surface area contributed by atoms with E-state index in [4.69, 9.17) is 11.6 Å². The summed E-state index contributed by atoms with van der Waals surface area (Å²) in [6.45, 7) is 4.28. The molecule has 0 saturated carbocycles. The number of amides is 1. The molecule has 0 spiro atoms. The van der Waals surface area contributed by atoms with E-state index in [0.29, 0.717) is 6.54 Å². The van der Waals surface area contributed by atoms with E-state index >= 15 is 0 Å². The van der Waals surface area contributed by atoms with Crippen LogP contribution in [-0.4, -0.2) is 32.3 Å².